The molecule has 104 valence electrons. The van der Waals surface area contributed by atoms with Gasteiger partial charge in [0.25, 0.3) is 0 Å². The third-order valence-electron chi connectivity index (χ3n) is 3.56. The highest BCUT2D eigenvalue weighted by Gasteiger charge is 2.22. The maximum atomic E-state index is 11.5. The van der Waals surface area contributed by atoms with E-state index in [4.69, 9.17) is 0 Å². The van der Waals surface area contributed by atoms with Crippen molar-refractivity contribution in [3.63, 3.8) is 0 Å². The van der Waals surface area contributed by atoms with Gasteiger partial charge in [0.1, 0.15) is 0 Å². The van der Waals surface area contributed by atoms with Gasteiger partial charge in [-0.05, 0) is 18.9 Å². The second-order valence-corrected chi connectivity index (χ2v) is 5.14. The zero-order valence-corrected chi connectivity index (χ0v) is 11.4. The molecule has 0 radical (unpaired) electrons. The first-order valence-corrected chi connectivity index (χ1v) is 6.91. The Bertz CT molecular complexity index is 408. The highest BCUT2D eigenvalue weighted by atomic mass is 16.3. The van der Waals surface area contributed by atoms with E-state index in [0.717, 1.165) is 13.0 Å². The Morgan fingerprint density at radius 1 is 1.37 bits per heavy atom. The number of hydrogen-bond acceptors (Lipinski definition) is 3. The van der Waals surface area contributed by atoms with Crippen LogP contribution in [-0.4, -0.2) is 41.7 Å². The first-order valence-electron chi connectivity index (χ1n) is 6.91. The Morgan fingerprint density at radius 2 is 2.11 bits per heavy atom. The molecular weight excluding hydrogens is 240 g/mol. The van der Waals surface area contributed by atoms with E-state index >= 15 is 0 Å². The number of carbonyl (C=O) groups excluding carboxylic acids is 1. The number of nitrogens with one attached hydrogen (secondary N) is 1. The first-order chi connectivity index (χ1) is 9.16. The SMILES string of the molecule is C[C@H](NCC(O)CN1CCCC1=O)c1ccccc1. The third-order valence-corrected chi connectivity index (χ3v) is 3.56. The summed E-state index contributed by atoms with van der Waals surface area (Å²) in [6.45, 7) is 3.79. The summed E-state index contributed by atoms with van der Waals surface area (Å²) in [5.74, 6) is 0.162. The van der Waals surface area contributed by atoms with E-state index < -0.39 is 6.10 Å². The van der Waals surface area contributed by atoms with Crippen LogP contribution in [-0.2, 0) is 4.79 Å². The van der Waals surface area contributed by atoms with Crippen LogP contribution in [0.4, 0.5) is 0 Å². The van der Waals surface area contributed by atoms with Crippen LogP contribution >= 0.6 is 0 Å². The predicted molar refractivity (Wildman–Crippen MR) is 74.7 cm³/mol. The van der Waals surface area contributed by atoms with Crippen LogP contribution in [0.1, 0.15) is 31.4 Å². The molecule has 1 aromatic rings. The molecule has 1 aliphatic heterocycles. The highest BCUT2D eigenvalue weighted by molar-refractivity contribution is 5.78. The van der Waals surface area contributed by atoms with Gasteiger partial charge in [-0.3, -0.25) is 4.79 Å². The Kier molecular flexibility index (Phi) is 4.93. The van der Waals surface area contributed by atoms with Crippen molar-refractivity contribution in [2.24, 2.45) is 0 Å². The summed E-state index contributed by atoms with van der Waals surface area (Å²) in [5, 5.41) is 13.3. The smallest absolute Gasteiger partial charge is 0.222 e. The number of rotatable bonds is 6. The fraction of sp³-hybridized carbons (Fsp3) is 0.533. The molecule has 0 aromatic heterocycles. The Labute approximate surface area is 114 Å². The lowest BCUT2D eigenvalue weighted by molar-refractivity contribution is -0.128. The zero-order valence-electron chi connectivity index (χ0n) is 11.4. The van der Waals surface area contributed by atoms with Crippen molar-refractivity contribution in [2.45, 2.75) is 31.9 Å². The van der Waals surface area contributed by atoms with Crippen LogP contribution < -0.4 is 5.32 Å². The van der Waals surface area contributed by atoms with Gasteiger partial charge in [-0.25, -0.2) is 0 Å². The molecule has 19 heavy (non-hydrogen) atoms. The van der Waals surface area contributed by atoms with Gasteiger partial charge in [0.2, 0.25) is 5.91 Å². The number of β-amino-alcohol motifs (C(OH)–C–C–N with tert-alkyl or cyclic N) is 1. The predicted octanol–water partition coefficient (Wildman–Crippen LogP) is 1.32. The Hall–Kier alpha value is -1.39. The van der Waals surface area contributed by atoms with Crippen molar-refractivity contribution >= 4 is 5.91 Å². The molecule has 4 nitrogen and oxygen atoms in total. The van der Waals surface area contributed by atoms with Crippen LogP contribution in [0.25, 0.3) is 0 Å². The lowest BCUT2D eigenvalue weighted by Gasteiger charge is -2.22. The molecule has 4 heteroatoms. The van der Waals surface area contributed by atoms with Crippen LogP contribution in [0.15, 0.2) is 30.3 Å². The summed E-state index contributed by atoms with van der Waals surface area (Å²) >= 11 is 0. The molecule has 1 amide bonds. The van der Waals surface area contributed by atoms with Crippen molar-refractivity contribution in [1.29, 1.82) is 0 Å². The maximum Gasteiger partial charge on any atom is 0.222 e. The van der Waals surface area contributed by atoms with Gasteiger partial charge in [-0.2, -0.15) is 0 Å². The van der Waals surface area contributed by atoms with Gasteiger partial charge >= 0.3 is 0 Å². The lowest BCUT2D eigenvalue weighted by Crippen LogP contribution is -2.39. The number of likely N-dealkylation sites (tertiary alicyclic amines) is 1. The van der Waals surface area contributed by atoms with E-state index in [1.54, 1.807) is 4.90 Å². The summed E-state index contributed by atoms with van der Waals surface area (Å²) in [7, 11) is 0. The number of hydrogen-bond donors (Lipinski definition) is 2. The molecular formula is C15H22N2O2. The summed E-state index contributed by atoms with van der Waals surface area (Å²) < 4.78 is 0. The number of nitrogens with zero attached hydrogens (tertiary/aromatic N) is 1. The largest absolute Gasteiger partial charge is 0.390 e. The van der Waals surface area contributed by atoms with Crippen molar-refractivity contribution < 1.29 is 9.90 Å². The molecule has 2 rings (SSSR count). The fourth-order valence-corrected chi connectivity index (χ4v) is 2.39. The van der Waals surface area contributed by atoms with Gasteiger partial charge < -0.3 is 15.3 Å². The molecule has 1 aromatic carbocycles. The number of carbonyl (C=O) groups is 1. The second-order valence-electron chi connectivity index (χ2n) is 5.14. The van der Waals surface area contributed by atoms with Crippen molar-refractivity contribution in [2.75, 3.05) is 19.6 Å². The summed E-state index contributed by atoms with van der Waals surface area (Å²) in [5.41, 5.74) is 1.20. The number of amides is 1. The summed E-state index contributed by atoms with van der Waals surface area (Å²) in [6.07, 6.45) is 1.04. The van der Waals surface area contributed by atoms with Crippen LogP contribution in [0.3, 0.4) is 0 Å². The van der Waals surface area contributed by atoms with E-state index in [-0.39, 0.29) is 11.9 Å². The molecule has 0 bridgehead atoms. The first kappa shape index (κ1) is 14.0. The molecule has 2 N–H and O–H groups in total. The zero-order chi connectivity index (χ0) is 13.7. The summed E-state index contributed by atoms with van der Waals surface area (Å²) in [6, 6.07) is 10.3. The van der Waals surface area contributed by atoms with Gasteiger partial charge in [0, 0.05) is 32.1 Å². The molecule has 2 atom stereocenters. The minimum absolute atomic E-state index is 0.162. The van der Waals surface area contributed by atoms with Gasteiger partial charge in [-0.15, -0.1) is 0 Å². The van der Waals surface area contributed by atoms with Crippen LogP contribution in [0.2, 0.25) is 0 Å². The molecule has 1 unspecified atom stereocenters. The van der Waals surface area contributed by atoms with Gasteiger partial charge in [0.05, 0.1) is 6.10 Å². The number of aliphatic hydroxyl groups excluding tert-OH is 1. The Morgan fingerprint density at radius 3 is 2.74 bits per heavy atom. The minimum Gasteiger partial charge on any atom is -0.390 e. The molecule has 0 saturated carbocycles. The van der Waals surface area contributed by atoms with E-state index in [9.17, 15) is 9.90 Å². The van der Waals surface area contributed by atoms with E-state index in [2.05, 4.69) is 24.4 Å². The average Bonchev–Trinajstić information content (AvgIpc) is 2.82. The Balaban J connectivity index is 1.74. The third kappa shape index (κ3) is 4.04. The number of benzene rings is 1. The monoisotopic (exact) mass is 262 g/mol. The quantitative estimate of drug-likeness (QED) is 0.813. The van der Waals surface area contributed by atoms with Gasteiger partial charge in [-0.1, -0.05) is 30.3 Å². The van der Waals surface area contributed by atoms with Crippen LogP contribution in [0, 0.1) is 0 Å². The molecule has 1 saturated heterocycles. The molecule has 1 fully saturated rings. The van der Waals surface area contributed by atoms with Crippen LogP contribution in [0.5, 0.6) is 0 Å². The standard InChI is InChI=1S/C15H22N2O2/c1-12(13-6-3-2-4-7-13)16-10-14(18)11-17-9-5-8-15(17)19/h2-4,6-7,12,14,16,18H,5,8-11H2,1H3/t12-,14?/m0/s1. The average molecular weight is 262 g/mol. The van der Waals surface area contributed by atoms with E-state index in [1.807, 2.05) is 18.2 Å². The minimum atomic E-state index is -0.506. The molecule has 0 aliphatic carbocycles. The molecule has 1 heterocycles. The van der Waals surface area contributed by atoms with Crippen molar-refractivity contribution in [3.05, 3.63) is 35.9 Å². The topological polar surface area (TPSA) is 52.6 Å². The normalized spacial score (nSPS) is 18.6. The molecule has 0 spiro atoms. The summed E-state index contributed by atoms with van der Waals surface area (Å²) in [4.78, 5) is 13.2. The van der Waals surface area contributed by atoms with E-state index in [1.165, 1.54) is 5.56 Å². The van der Waals surface area contributed by atoms with Crippen molar-refractivity contribution in [3.8, 4) is 0 Å². The highest BCUT2D eigenvalue weighted by Crippen LogP contribution is 2.12. The molecule has 1 aliphatic rings. The lowest BCUT2D eigenvalue weighted by atomic mass is 10.1. The second kappa shape index (κ2) is 6.68. The van der Waals surface area contributed by atoms with E-state index in [0.29, 0.717) is 19.5 Å². The fourth-order valence-electron chi connectivity index (χ4n) is 2.39. The van der Waals surface area contributed by atoms with Crippen molar-refractivity contribution in [1.82, 2.24) is 10.2 Å². The maximum absolute atomic E-state index is 11.5. The number of aliphatic hydroxyl groups is 1. The van der Waals surface area contributed by atoms with Gasteiger partial charge in [0.15, 0.2) is 0 Å².